The number of aromatic nitrogens is 3. The van der Waals surface area contributed by atoms with E-state index in [0.717, 1.165) is 36.3 Å². The summed E-state index contributed by atoms with van der Waals surface area (Å²) in [4.78, 5) is 15.2. The summed E-state index contributed by atoms with van der Waals surface area (Å²) >= 11 is 1.46. The van der Waals surface area contributed by atoms with Crippen LogP contribution in [0.15, 0.2) is 65.8 Å². The molecule has 0 saturated carbocycles. The lowest BCUT2D eigenvalue weighted by Gasteiger charge is -2.26. The van der Waals surface area contributed by atoms with Crippen LogP contribution in [0, 0.1) is 0 Å². The molecule has 0 radical (unpaired) electrons. The van der Waals surface area contributed by atoms with Crippen LogP contribution in [-0.4, -0.2) is 43.9 Å². The van der Waals surface area contributed by atoms with E-state index in [1.165, 1.54) is 36.6 Å². The van der Waals surface area contributed by atoms with Gasteiger partial charge in [-0.05, 0) is 50.6 Å². The van der Waals surface area contributed by atoms with E-state index in [-0.39, 0.29) is 11.2 Å². The third kappa shape index (κ3) is 5.95. The van der Waals surface area contributed by atoms with Gasteiger partial charge in [-0.25, -0.2) is 0 Å². The van der Waals surface area contributed by atoms with Crippen molar-refractivity contribution in [3.8, 4) is 0 Å². The molecule has 2 aromatic carbocycles. The van der Waals surface area contributed by atoms with E-state index in [2.05, 4.69) is 37.1 Å². The van der Waals surface area contributed by atoms with E-state index >= 15 is 0 Å². The molecule has 2 heterocycles. The van der Waals surface area contributed by atoms with E-state index in [4.69, 9.17) is 0 Å². The highest BCUT2D eigenvalue weighted by atomic mass is 32.2. The molecule has 0 aliphatic carbocycles. The van der Waals surface area contributed by atoms with Crippen LogP contribution in [0.3, 0.4) is 0 Å². The standard InChI is InChI=1S/C24H29N5OS/c1-19(23(30)25-21-13-7-3-8-14-21)31-24-27-26-22(18-28-15-9-4-10-16-28)29(24)17-20-11-5-2-6-12-20/h2-3,5-8,11-14,19H,4,9-10,15-18H2,1H3,(H,25,30). The Balaban J connectivity index is 1.50. The van der Waals surface area contributed by atoms with Crippen LogP contribution >= 0.6 is 11.8 Å². The van der Waals surface area contributed by atoms with Crippen molar-refractivity contribution in [2.75, 3.05) is 18.4 Å². The fraction of sp³-hybridized carbons (Fsp3) is 0.375. The minimum atomic E-state index is -0.290. The molecular weight excluding hydrogens is 406 g/mol. The second kappa shape index (κ2) is 10.6. The second-order valence-corrected chi connectivity index (χ2v) is 9.23. The summed E-state index contributed by atoms with van der Waals surface area (Å²) in [5.41, 5.74) is 2.00. The molecule has 1 aromatic heterocycles. The normalized spacial score (nSPS) is 15.5. The van der Waals surface area contributed by atoms with Crippen LogP contribution in [0.4, 0.5) is 5.69 Å². The molecule has 4 rings (SSSR count). The number of rotatable bonds is 8. The first kappa shape index (κ1) is 21.6. The molecule has 1 aliphatic heterocycles. The van der Waals surface area contributed by atoms with Crippen molar-refractivity contribution in [1.29, 1.82) is 0 Å². The summed E-state index contributed by atoms with van der Waals surface area (Å²) in [6, 6.07) is 19.9. The SMILES string of the molecule is CC(Sc1nnc(CN2CCCCC2)n1Cc1ccccc1)C(=O)Nc1ccccc1. The van der Waals surface area contributed by atoms with Gasteiger partial charge in [0, 0.05) is 5.69 Å². The molecular formula is C24H29N5OS. The van der Waals surface area contributed by atoms with Gasteiger partial charge < -0.3 is 9.88 Å². The third-order valence-corrected chi connectivity index (χ3v) is 6.56. The van der Waals surface area contributed by atoms with Gasteiger partial charge >= 0.3 is 0 Å². The molecule has 1 amide bonds. The number of anilines is 1. The first-order valence-electron chi connectivity index (χ1n) is 10.9. The van der Waals surface area contributed by atoms with E-state index in [1.54, 1.807) is 0 Å². The van der Waals surface area contributed by atoms with E-state index in [9.17, 15) is 4.79 Å². The maximum absolute atomic E-state index is 12.7. The summed E-state index contributed by atoms with van der Waals surface area (Å²) in [5.74, 6) is 0.923. The molecule has 6 nitrogen and oxygen atoms in total. The van der Waals surface area contributed by atoms with Gasteiger partial charge in [-0.1, -0.05) is 66.7 Å². The molecule has 1 aliphatic rings. The molecule has 1 atom stereocenters. The number of para-hydroxylation sites is 1. The number of piperidine rings is 1. The lowest BCUT2D eigenvalue weighted by atomic mass is 10.1. The second-order valence-electron chi connectivity index (χ2n) is 7.92. The van der Waals surface area contributed by atoms with Crippen LogP contribution in [0.25, 0.3) is 0 Å². The number of likely N-dealkylation sites (tertiary alicyclic amines) is 1. The zero-order valence-corrected chi connectivity index (χ0v) is 18.7. The fourth-order valence-electron chi connectivity index (χ4n) is 3.74. The van der Waals surface area contributed by atoms with Crippen LogP contribution in [0.1, 0.15) is 37.6 Å². The number of thioether (sulfide) groups is 1. The van der Waals surface area contributed by atoms with Gasteiger partial charge in [0.25, 0.3) is 0 Å². The Hall–Kier alpha value is -2.64. The lowest BCUT2D eigenvalue weighted by molar-refractivity contribution is -0.115. The summed E-state index contributed by atoms with van der Waals surface area (Å²) in [7, 11) is 0. The average molecular weight is 436 g/mol. The molecule has 0 spiro atoms. The Kier molecular flexibility index (Phi) is 7.38. The predicted octanol–water partition coefficient (Wildman–Crippen LogP) is 4.43. The van der Waals surface area contributed by atoms with Gasteiger partial charge in [0.15, 0.2) is 5.16 Å². The minimum absolute atomic E-state index is 0.0389. The average Bonchev–Trinajstić information content (AvgIpc) is 3.16. The Bertz CT molecular complexity index is 970. The lowest BCUT2D eigenvalue weighted by Crippen LogP contribution is -2.30. The van der Waals surface area contributed by atoms with Crippen molar-refractivity contribution in [3.05, 3.63) is 72.1 Å². The first-order valence-corrected chi connectivity index (χ1v) is 11.8. The molecule has 1 fully saturated rings. The van der Waals surface area contributed by atoms with Crippen molar-refractivity contribution >= 4 is 23.4 Å². The number of carbonyl (C=O) groups excluding carboxylic acids is 1. The number of carbonyl (C=O) groups is 1. The summed E-state index contributed by atoms with van der Waals surface area (Å²) in [6.45, 7) is 5.62. The van der Waals surface area contributed by atoms with Crippen molar-refractivity contribution in [1.82, 2.24) is 19.7 Å². The van der Waals surface area contributed by atoms with E-state index < -0.39 is 0 Å². The molecule has 1 unspecified atom stereocenters. The predicted molar refractivity (Wildman–Crippen MR) is 125 cm³/mol. The van der Waals surface area contributed by atoms with Crippen LogP contribution < -0.4 is 5.32 Å². The highest BCUT2D eigenvalue weighted by Gasteiger charge is 2.22. The molecule has 0 bridgehead atoms. The monoisotopic (exact) mass is 435 g/mol. The number of hydrogen-bond acceptors (Lipinski definition) is 5. The molecule has 1 N–H and O–H groups in total. The molecule has 1 saturated heterocycles. The molecule has 7 heteroatoms. The Morgan fingerprint density at radius 3 is 2.35 bits per heavy atom. The van der Waals surface area contributed by atoms with Gasteiger partial charge in [0.05, 0.1) is 18.3 Å². The third-order valence-electron chi connectivity index (χ3n) is 5.48. The van der Waals surface area contributed by atoms with Gasteiger partial charge in [0.2, 0.25) is 5.91 Å². The van der Waals surface area contributed by atoms with E-state index in [1.807, 2.05) is 55.5 Å². The zero-order chi connectivity index (χ0) is 21.5. The molecule has 162 valence electrons. The zero-order valence-electron chi connectivity index (χ0n) is 17.9. The Labute approximate surface area is 188 Å². The number of benzene rings is 2. The van der Waals surface area contributed by atoms with Gasteiger partial charge in [-0.15, -0.1) is 10.2 Å². The quantitative estimate of drug-likeness (QED) is 0.530. The number of hydrogen-bond donors (Lipinski definition) is 1. The summed E-state index contributed by atoms with van der Waals surface area (Å²) < 4.78 is 2.17. The highest BCUT2D eigenvalue weighted by Crippen LogP contribution is 2.25. The van der Waals surface area contributed by atoms with Crippen molar-refractivity contribution < 1.29 is 4.79 Å². The number of nitrogens with one attached hydrogen (secondary N) is 1. The smallest absolute Gasteiger partial charge is 0.237 e. The molecule has 31 heavy (non-hydrogen) atoms. The van der Waals surface area contributed by atoms with Gasteiger partial charge in [0.1, 0.15) is 5.82 Å². The largest absolute Gasteiger partial charge is 0.325 e. The van der Waals surface area contributed by atoms with Crippen molar-refractivity contribution in [2.24, 2.45) is 0 Å². The van der Waals surface area contributed by atoms with Crippen LogP contribution in [-0.2, 0) is 17.9 Å². The summed E-state index contributed by atoms with van der Waals surface area (Å²) in [5, 5.41) is 12.5. The number of nitrogens with zero attached hydrogens (tertiary/aromatic N) is 4. The van der Waals surface area contributed by atoms with Gasteiger partial charge in [-0.2, -0.15) is 0 Å². The highest BCUT2D eigenvalue weighted by molar-refractivity contribution is 8.00. The van der Waals surface area contributed by atoms with Crippen LogP contribution in [0.2, 0.25) is 0 Å². The topological polar surface area (TPSA) is 63.1 Å². The Morgan fingerprint density at radius 1 is 0.968 bits per heavy atom. The molecule has 3 aromatic rings. The van der Waals surface area contributed by atoms with E-state index in [0.29, 0.717) is 6.54 Å². The minimum Gasteiger partial charge on any atom is -0.325 e. The maximum Gasteiger partial charge on any atom is 0.237 e. The first-order chi connectivity index (χ1) is 15.2. The Morgan fingerprint density at radius 2 is 1.65 bits per heavy atom. The van der Waals surface area contributed by atoms with Gasteiger partial charge in [-0.3, -0.25) is 9.69 Å². The maximum atomic E-state index is 12.7. The fourth-order valence-corrected chi connectivity index (χ4v) is 4.61. The van der Waals surface area contributed by atoms with Crippen LogP contribution in [0.5, 0.6) is 0 Å². The van der Waals surface area contributed by atoms with Crippen molar-refractivity contribution in [2.45, 2.75) is 49.7 Å². The number of amides is 1. The summed E-state index contributed by atoms with van der Waals surface area (Å²) in [6.07, 6.45) is 3.79. The van der Waals surface area contributed by atoms with Crippen molar-refractivity contribution in [3.63, 3.8) is 0 Å².